The van der Waals surface area contributed by atoms with Crippen molar-refractivity contribution in [3.8, 4) is 5.75 Å². The number of halogens is 2. The number of carbonyl (C=O) groups excluding carboxylic acids is 2. The van der Waals surface area contributed by atoms with E-state index in [4.69, 9.17) is 27.9 Å². The number of unbranched alkanes of at least 4 members (excludes halogenated alkanes) is 1. The van der Waals surface area contributed by atoms with Gasteiger partial charge in [0.1, 0.15) is 18.3 Å². The second-order valence-electron chi connectivity index (χ2n) is 9.35. The monoisotopic (exact) mass is 619 g/mol. The van der Waals surface area contributed by atoms with Crippen LogP contribution in [0.5, 0.6) is 5.75 Å². The highest BCUT2D eigenvalue weighted by atomic mass is 35.5. The summed E-state index contributed by atoms with van der Waals surface area (Å²) >= 11 is 12.5. The Bertz CT molecular complexity index is 1420. The van der Waals surface area contributed by atoms with E-state index in [9.17, 15) is 18.0 Å². The number of rotatable bonds is 14. The van der Waals surface area contributed by atoms with E-state index < -0.39 is 28.5 Å². The topological polar surface area (TPSA) is 96.0 Å². The van der Waals surface area contributed by atoms with Gasteiger partial charge in [0.2, 0.25) is 11.8 Å². The molecule has 0 aliphatic carbocycles. The lowest BCUT2D eigenvalue weighted by Gasteiger charge is -2.33. The van der Waals surface area contributed by atoms with Gasteiger partial charge in [-0.05, 0) is 73.0 Å². The fraction of sp³-hybridized carbons (Fsp3) is 0.333. The molecule has 0 heterocycles. The van der Waals surface area contributed by atoms with Crippen molar-refractivity contribution in [2.75, 3.05) is 24.5 Å². The van der Waals surface area contributed by atoms with Crippen LogP contribution in [0.15, 0.2) is 77.7 Å². The summed E-state index contributed by atoms with van der Waals surface area (Å²) in [5, 5.41) is 3.76. The molecule has 2 amide bonds. The van der Waals surface area contributed by atoms with Gasteiger partial charge >= 0.3 is 0 Å². The predicted octanol–water partition coefficient (Wildman–Crippen LogP) is 5.92. The molecule has 0 saturated carbocycles. The molecule has 3 aromatic carbocycles. The lowest BCUT2D eigenvalue weighted by molar-refractivity contribution is -0.140. The second kappa shape index (κ2) is 15.1. The van der Waals surface area contributed by atoms with Crippen LogP contribution in [0.2, 0.25) is 10.0 Å². The Balaban J connectivity index is 2.04. The Labute approximate surface area is 252 Å². The smallest absolute Gasteiger partial charge is 0.264 e. The number of methoxy groups -OCH3 is 1. The van der Waals surface area contributed by atoms with E-state index in [2.05, 4.69) is 5.32 Å². The molecule has 0 bridgehead atoms. The lowest BCUT2D eigenvalue weighted by Crippen LogP contribution is -2.52. The summed E-state index contributed by atoms with van der Waals surface area (Å²) in [6.45, 7) is 3.77. The Morgan fingerprint density at radius 1 is 0.951 bits per heavy atom. The van der Waals surface area contributed by atoms with Gasteiger partial charge in [-0.3, -0.25) is 13.9 Å². The van der Waals surface area contributed by atoms with Crippen molar-refractivity contribution in [2.24, 2.45) is 0 Å². The van der Waals surface area contributed by atoms with Crippen LogP contribution in [0.25, 0.3) is 0 Å². The van der Waals surface area contributed by atoms with Crippen molar-refractivity contribution in [2.45, 2.75) is 50.6 Å². The minimum atomic E-state index is -4.21. The summed E-state index contributed by atoms with van der Waals surface area (Å²) in [4.78, 5) is 28.7. The normalized spacial score (nSPS) is 11.9. The van der Waals surface area contributed by atoms with Crippen LogP contribution in [0, 0.1) is 0 Å². The summed E-state index contributed by atoms with van der Waals surface area (Å²) in [6.07, 6.45) is 2.02. The Morgan fingerprint density at radius 3 is 2.20 bits per heavy atom. The maximum absolute atomic E-state index is 14.1. The Hall–Kier alpha value is -3.27. The van der Waals surface area contributed by atoms with E-state index in [0.29, 0.717) is 34.3 Å². The van der Waals surface area contributed by atoms with Crippen LogP contribution in [0.4, 0.5) is 5.69 Å². The van der Waals surface area contributed by atoms with Gasteiger partial charge in [-0.25, -0.2) is 8.42 Å². The number of carbonyl (C=O) groups is 2. The third-order valence-electron chi connectivity index (χ3n) is 6.55. The van der Waals surface area contributed by atoms with Crippen LogP contribution >= 0.6 is 23.2 Å². The Kier molecular flexibility index (Phi) is 11.9. The number of nitrogens with one attached hydrogen (secondary N) is 1. The number of amides is 2. The number of benzene rings is 3. The van der Waals surface area contributed by atoms with Crippen molar-refractivity contribution >= 4 is 50.7 Å². The number of ether oxygens (including phenoxy) is 1. The average molecular weight is 621 g/mol. The van der Waals surface area contributed by atoms with Crippen LogP contribution in [0.1, 0.15) is 38.7 Å². The van der Waals surface area contributed by atoms with Gasteiger partial charge in [0.15, 0.2) is 0 Å². The van der Waals surface area contributed by atoms with Gasteiger partial charge in [-0.1, -0.05) is 61.7 Å². The molecule has 1 N–H and O–H groups in total. The first-order valence-corrected chi connectivity index (χ1v) is 15.5. The molecule has 3 rings (SSSR count). The third-order valence-corrected chi connectivity index (χ3v) is 8.96. The maximum atomic E-state index is 14.1. The number of hydrogen-bond acceptors (Lipinski definition) is 5. The molecular weight excluding hydrogens is 585 g/mol. The van der Waals surface area contributed by atoms with E-state index in [-0.39, 0.29) is 23.0 Å². The zero-order valence-electron chi connectivity index (χ0n) is 23.3. The van der Waals surface area contributed by atoms with Crippen LogP contribution in [-0.4, -0.2) is 51.4 Å². The molecule has 0 fully saturated rings. The number of anilines is 1. The molecule has 1 atom stereocenters. The Morgan fingerprint density at radius 2 is 1.61 bits per heavy atom. The number of nitrogens with zero attached hydrogens (tertiary/aromatic N) is 2. The van der Waals surface area contributed by atoms with E-state index in [1.807, 2.05) is 13.8 Å². The predicted molar refractivity (Wildman–Crippen MR) is 163 cm³/mol. The molecule has 0 saturated heterocycles. The first-order valence-electron chi connectivity index (χ1n) is 13.3. The molecule has 0 radical (unpaired) electrons. The molecule has 0 spiro atoms. The molecule has 0 unspecified atom stereocenters. The molecule has 220 valence electrons. The summed E-state index contributed by atoms with van der Waals surface area (Å²) in [7, 11) is -2.73. The van der Waals surface area contributed by atoms with Gasteiger partial charge in [-0.2, -0.15) is 0 Å². The average Bonchev–Trinajstić information content (AvgIpc) is 2.97. The van der Waals surface area contributed by atoms with Crippen molar-refractivity contribution in [3.63, 3.8) is 0 Å². The van der Waals surface area contributed by atoms with Gasteiger partial charge in [0.25, 0.3) is 10.0 Å². The van der Waals surface area contributed by atoms with Crippen molar-refractivity contribution < 1.29 is 22.7 Å². The highest BCUT2D eigenvalue weighted by Crippen LogP contribution is 2.28. The molecule has 0 aromatic heterocycles. The van der Waals surface area contributed by atoms with Gasteiger partial charge in [-0.15, -0.1) is 0 Å². The number of hydrogen-bond donors (Lipinski definition) is 1. The largest absolute Gasteiger partial charge is 0.497 e. The second-order valence-corrected chi connectivity index (χ2v) is 12.1. The van der Waals surface area contributed by atoms with Crippen molar-refractivity contribution in [1.29, 1.82) is 0 Å². The molecule has 3 aromatic rings. The highest BCUT2D eigenvalue weighted by Gasteiger charge is 2.34. The van der Waals surface area contributed by atoms with E-state index in [1.165, 1.54) is 48.4 Å². The van der Waals surface area contributed by atoms with Gasteiger partial charge in [0, 0.05) is 23.1 Å². The molecule has 11 heteroatoms. The zero-order valence-corrected chi connectivity index (χ0v) is 25.7. The molecule has 0 aliphatic heterocycles. The first-order chi connectivity index (χ1) is 19.6. The first kappa shape index (κ1) is 32.2. The standard InChI is InChI=1S/C30H35Cl2N3O5S/c1-4-6-19-33-30(37)28(5-2)34(20-22-9-7-8-10-27(22)32)29(36)21-35(24-13-11-23(31)12-14-24)41(38,39)26-17-15-25(40-3)16-18-26/h7-18,28H,4-6,19-21H2,1-3H3,(H,33,37)/t28-/m0/s1. The maximum Gasteiger partial charge on any atom is 0.264 e. The zero-order chi connectivity index (χ0) is 30.0. The van der Waals surface area contributed by atoms with Crippen molar-refractivity contribution in [1.82, 2.24) is 10.2 Å². The quantitative estimate of drug-likeness (QED) is 0.226. The van der Waals surface area contributed by atoms with E-state index in [0.717, 1.165) is 17.1 Å². The van der Waals surface area contributed by atoms with E-state index in [1.54, 1.807) is 36.4 Å². The van der Waals surface area contributed by atoms with Gasteiger partial charge < -0.3 is 15.0 Å². The summed E-state index contributed by atoms with van der Waals surface area (Å²) in [5.74, 6) is -0.379. The number of sulfonamides is 1. The fourth-order valence-electron chi connectivity index (χ4n) is 4.25. The SMILES string of the molecule is CCCCNC(=O)[C@H](CC)N(Cc1ccccc1Cl)C(=O)CN(c1ccc(Cl)cc1)S(=O)(=O)c1ccc(OC)cc1. The third kappa shape index (κ3) is 8.38. The molecule has 8 nitrogen and oxygen atoms in total. The minimum Gasteiger partial charge on any atom is -0.497 e. The van der Waals surface area contributed by atoms with E-state index >= 15 is 0 Å². The van der Waals surface area contributed by atoms with Crippen LogP contribution < -0.4 is 14.4 Å². The molecule has 0 aliphatic rings. The van der Waals surface area contributed by atoms with Gasteiger partial charge in [0.05, 0.1) is 17.7 Å². The summed E-state index contributed by atoms with van der Waals surface area (Å²) < 4.78 is 34.0. The molecule has 41 heavy (non-hydrogen) atoms. The van der Waals surface area contributed by atoms with Crippen molar-refractivity contribution in [3.05, 3.63) is 88.4 Å². The summed E-state index contributed by atoms with van der Waals surface area (Å²) in [6, 6.07) is 18.3. The fourth-order valence-corrected chi connectivity index (χ4v) is 5.98. The molecular formula is C30H35Cl2N3O5S. The highest BCUT2D eigenvalue weighted by molar-refractivity contribution is 7.92. The summed E-state index contributed by atoms with van der Waals surface area (Å²) in [5.41, 5.74) is 0.884. The van der Waals surface area contributed by atoms with Crippen LogP contribution in [-0.2, 0) is 26.2 Å². The lowest BCUT2D eigenvalue weighted by atomic mass is 10.1. The van der Waals surface area contributed by atoms with Crippen LogP contribution in [0.3, 0.4) is 0 Å². The minimum absolute atomic E-state index is 0.0231.